The molecule has 5 rings (SSSR count). The molecule has 186 valence electrons. The molecule has 0 fully saturated rings. The van der Waals surface area contributed by atoms with Gasteiger partial charge in [0.25, 0.3) is 12.0 Å². The molecule has 0 saturated heterocycles. The Morgan fingerprint density at radius 3 is 2.64 bits per heavy atom. The van der Waals surface area contributed by atoms with Crippen LogP contribution in [0, 0.1) is 12.7 Å². The monoisotopic (exact) mass is 494 g/mol. The zero-order chi connectivity index (χ0) is 25.6. The van der Waals surface area contributed by atoms with Gasteiger partial charge in [0.1, 0.15) is 23.3 Å². The average molecular weight is 495 g/mol. The number of nitrogens with zero attached hydrogens (tertiary/aromatic N) is 5. The summed E-state index contributed by atoms with van der Waals surface area (Å²) in [6, 6.07) is 8.51. The average Bonchev–Trinajstić information content (AvgIpc) is 3.34. The van der Waals surface area contributed by atoms with Crippen LogP contribution in [0.25, 0.3) is 22.5 Å². The number of fused-ring (bicyclic) bond motifs is 3. The number of halogens is 3. The van der Waals surface area contributed by atoms with Crippen LogP contribution in [-0.2, 0) is 13.1 Å². The van der Waals surface area contributed by atoms with Crippen molar-refractivity contribution in [3.05, 3.63) is 81.2 Å². The second-order valence-corrected chi connectivity index (χ2v) is 8.71. The van der Waals surface area contributed by atoms with Crippen LogP contribution in [0.1, 0.15) is 43.3 Å². The van der Waals surface area contributed by atoms with Gasteiger partial charge in [0.2, 0.25) is 0 Å². The molecule has 3 aliphatic heterocycles. The van der Waals surface area contributed by atoms with Crippen molar-refractivity contribution < 1.29 is 13.2 Å². The van der Waals surface area contributed by atoms with E-state index in [2.05, 4.69) is 20.3 Å². The van der Waals surface area contributed by atoms with E-state index >= 15 is 0 Å². The molecule has 0 amide bonds. The number of hydrogen-bond acceptors (Lipinski definition) is 5. The van der Waals surface area contributed by atoms with Crippen LogP contribution in [0.4, 0.5) is 19.0 Å². The second-order valence-electron chi connectivity index (χ2n) is 8.71. The molecule has 0 aliphatic carbocycles. The zero-order valence-corrected chi connectivity index (χ0v) is 20.1. The van der Waals surface area contributed by atoms with Crippen LogP contribution in [0.2, 0.25) is 0 Å². The molecule has 0 radical (unpaired) electrons. The molecule has 10 heteroatoms. The number of hydrogen-bond donors (Lipinski definition) is 1. The molecule has 0 unspecified atom stereocenters. The van der Waals surface area contributed by atoms with Crippen LogP contribution in [-0.4, -0.2) is 25.6 Å². The molecule has 1 aromatic heterocycles. The summed E-state index contributed by atoms with van der Waals surface area (Å²) < 4.78 is 44.9. The van der Waals surface area contributed by atoms with Gasteiger partial charge in [0.05, 0.1) is 17.2 Å². The fraction of sp³-hybridized carbons (Fsp3) is 0.308. The number of anilines is 1. The summed E-state index contributed by atoms with van der Waals surface area (Å²) in [4.78, 5) is 26.3. The van der Waals surface area contributed by atoms with E-state index in [0.29, 0.717) is 42.3 Å². The van der Waals surface area contributed by atoms with Crippen LogP contribution in [0.3, 0.4) is 0 Å². The molecule has 2 aromatic rings. The second kappa shape index (κ2) is 9.25. The normalized spacial score (nSPS) is 14.4. The fourth-order valence-electron chi connectivity index (χ4n) is 4.61. The lowest BCUT2D eigenvalue weighted by molar-refractivity contribution is 0.146. The molecule has 3 aliphatic rings. The summed E-state index contributed by atoms with van der Waals surface area (Å²) in [6.07, 6.45) is -1.16. The molecule has 1 N–H and O–H groups in total. The van der Waals surface area contributed by atoms with E-state index in [1.165, 1.54) is 12.1 Å². The molecule has 1 atom stereocenters. The quantitative estimate of drug-likeness (QED) is 0.436. The van der Waals surface area contributed by atoms with E-state index < -0.39 is 23.8 Å². The van der Waals surface area contributed by atoms with Crippen molar-refractivity contribution in [3.8, 4) is 22.5 Å². The molecule has 0 bridgehead atoms. The third kappa shape index (κ3) is 4.06. The summed E-state index contributed by atoms with van der Waals surface area (Å²) in [5.41, 5.74) is 1.79. The fourth-order valence-corrected chi connectivity index (χ4v) is 4.61. The maximum atomic E-state index is 14.8. The van der Waals surface area contributed by atoms with Gasteiger partial charge in [0.15, 0.2) is 5.49 Å². The lowest BCUT2D eigenvalue weighted by atomic mass is 10.0. The highest BCUT2D eigenvalue weighted by atomic mass is 19.3. The number of aryl methyl sites for hydroxylation is 2. The maximum absolute atomic E-state index is 14.8. The predicted molar refractivity (Wildman–Crippen MR) is 131 cm³/mol. The molecular formula is C26H25F3N6O. The number of alkyl halides is 2. The molecule has 7 nitrogen and oxygen atoms in total. The van der Waals surface area contributed by atoms with Crippen molar-refractivity contribution in [2.45, 2.75) is 46.3 Å². The third-order valence-corrected chi connectivity index (χ3v) is 6.42. The first-order valence-corrected chi connectivity index (χ1v) is 11.8. The topological polar surface area (TPSA) is 77.1 Å². The third-order valence-electron chi connectivity index (χ3n) is 6.42. The van der Waals surface area contributed by atoms with Gasteiger partial charge in [-0.25, -0.2) is 23.1 Å². The Balaban J connectivity index is 1.73. The van der Waals surface area contributed by atoms with E-state index in [4.69, 9.17) is 0 Å². The maximum Gasteiger partial charge on any atom is 0.266 e. The summed E-state index contributed by atoms with van der Waals surface area (Å²) >= 11 is 0. The Bertz CT molecular complexity index is 1560. The van der Waals surface area contributed by atoms with Crippen LogP contribution in [0.15, 0.2) is 52.4 Å². The van der Waals surface area contributed by atoms with Crippen molar-refractivity contribution in [2.75, 3.05) is 11.9 Å². The van der Waals surface area contributed by atoms with Crippen LogP contribution >= 0.6 is 0 Å². The number of rotatable bonds is 5. The van der Waals surface area contributed by atoms with Gasteiger partial charge < -0.3 is 14.5 Å². The van der Waals surface area contributed by atoms with Gasteiger partial charge in [-0.3, -0.25) is 9.79 Å². The molecule has 0 spiro atoms. The first-order chi connectivity index (χ1) is 17.3. The predicted octanol–water partition coefficient (Wildman–Crippen LogP) is 4.70. The number of aromatic nitrogens is 4. The lowest BCUT2D eigenvalue weighted by Gasteiger charge is -2.18. The number of benzene rings is 1. The van der Waals surface area contributed by atoms with Gasteiger partial charge in [-0.05, 0) is 38.5 Å². The smallest absolute Gasteiger partial charge is 0.266 e. The van der Waals surface area contributed by atoms with E-state index in [0.717, 1.165) is 23.0 Å². The molecule has 4 heterocycles. The zero-order valence-electron chi connectivity index (χ0n) is 20.1. The first-order valence-electron chi connectivity index (χ1n) is 11.8. The van der Waals surface area contributed by atoms with Gasteiger partial charge in [-0.15, -0.1) is 0 Å². The standard InChI is InChI=1S/C26H25F3N6O/c1-4-34-10-8-16(12-21(34)36)19-13-20-24(32-15(3)33-26(20)35-11-9-30-25(19)35)31-14(2)17-6-5-7-18(22(17)27)23(28)29/h5-8,10,12-14,23,30H,4,9,11H2,1-3H3/t14-/m1/s1. The highest BCUT2D eigenvalue weighted by molar-refractivity contribution is 5.82. The van der Waals surface area contributed by atoms with E-state index in [-0.39, 0.29) is 11.1 Å². The van der Waals surface area contributed by atoms with Crippen molar-refractivity contribution in [2.24, 2.45) is 4.99 Å². The SMILES string of the molecule is CCn1ccc(-c2cc3c(=N[C@H](C)c4cccc(C(F)F)c4F)nc(C)nc-3n3c2NCC3)cc1=O. The number of nitrogens with one attached hydrogen (secondary N) is 1. The van der Waals surface area contributed by atoms with E-state index in [9.17, 15) is 18.0 Å². The van der Waals surface area contributed by atoms with Gasteiger partial charge in [0, 0.05) is 43.0 Å². The Labute approximate surface area is 205 Å². The van der Waals surface area contributed by atoms with Crippen molar-refractivity contribution >= 4 is 5.82 Å². The molecule has 1 aromatic carbocycles. The highest BCUT2D eigenvalue weighted by Gasteiger charge is 2.25. The van der Waals surface area contributed by atoms with Crippen molar-refractivity contribution in [3.63, 3.8) is 0 Å². The van der Waals surface area contributed by atoms with Crippen molar-refractivity contribution in [1.82, 2.24) is 19.1 Å². The Hall–Kier alpha value is -3.95. The Morgan fingerprint density at radius 2 is 1.92 bits per heavy atom. The van der Waals surface area contributed by atoms with Crippen LogP contribution in [0.5, 0.6) is 0 Å². The molecule has 36 heavy (non-hydrogen) atoms. The summed E-state index contributed by atoms with van der Waals surface area (Å²) in [5, 5.41) is 3.38. The molecule has 0 saturated carbocycles. The van der Waals surface area contributed by atoms with E-state index in [1.807, 2.05) is 23.6 Å². The first kappa shape index (κ1) is 23.8. The summed E-state index contributed by atoms with van der Waals surface area (Å²) in [6.45, 7) is 7.21. The lowest BCUT2D eigenvalue weighted by Crippen LogP contribution is -2.21. The number of pyridine rings is 2. The molecular weight excluding hydrogens is 469 g/mol. The van der Waals surface area contributed by atoms with Crippen molar-refractivity contribution in [1.29, 1.82) is 0 Å². The Morgan fingerprint density at radius 1 is 1.14 bits per heavy atom. The minimum atomic E-state index is -2.92. The summed E-state index contributed by atoms with van der Waals surface area (Å²) in [7, 11) is 0. The van der Waals surface area contributed by atoms with Gasteiger partial charge >= 0.3 is 0 Å². The largest absolute Gasteiger partial charge is 0.369 e. The van der Waals surface area contributed by atoms with E-state index in [1.54, 1.807) is 30.7 Å². The van der Waals surface area contributed by atoms with Crippen LogP contribution < -0.4 is 16.4 Å². The summed E-state index contributed by atoms with van der Waals surface area (Å²) in [5.74, 6) is 1.01. The Kier molecular flexibility index (Phi) is 6.11. The minimum absolute atomic E-state index is 0.0658. The van der Waals surface area contributed by atoms with Gasteiger partial charge in [-0.2, -0.15) is 0 Å². The minimum Gasteiger partial charge on any atom is -0.369 e. The highest BCUT2D eigenvalue weighted by Crippen LogP contribution is 2.36. The van der Waals surface area contributed by atoms with Gasteiger partial charge in [-0.1, -0.05) is 18.2 Å².